The maximum atomic E-state index is 13.4. The third-order valence-corrected chi connectivity index (χ3v) is 3.06. The van der Waals surface area contributed by atoms with Crippen LogP contribution in [0, 0.1) is 5.82 Å². The normalized spacial score (nSPS) is 10.7. The number of benzene rings is 1. The number of esters is 1. The highest BCUT2D eigenvalue weighted by molar-refractivity contribution is 6.37. The second-order valence-corrected chi connectivity index (χ2v) is 4.97. The fraction of sp³-hybridized carbons (Fsp3) is 0.286. The van der Waals surface area contributed by atoms with Gasteiger partial charge in [-0.3, -0.25) is 4.79 Å². The zero-order valence-electron chi connectivity index (χ0n) is 11.5. The first kappa shape index (κ1) is 17.5. The number of nitrogens with zero attached hydrogens (tertiary/aromatic N) is 1. The molecule has 0 spiro atoms. The lowest BCUT2D eigenvalue weighted by Crippen LogP contribution is -2.22. The summed E-state index contributed by atoms with van der Waals surface area (Å²) in [6.45, 7) is 1.89. The summed E-state index contributed by atoms with van der Waals surface area (Å²) in [5.74, 6) is -1.62. The number of likely N-dealkylation sites (N-methyl/N-ethyl adjacent to an activating group) is 1. The van der Waals surface area contributed by atoms with Crippen molar-refractivity contribution in [1.82, 2.24) is 4.90 Å². The summed E-state index contributed by atoms with van der Waals surface area (Å²) in [5.41, 5.74) is 0.0370. The molecule has 0 heterocycles. The van der Waals surface area contributed by atoms with Crippen molar-refractivity contribution in [3.05, 3.63) is 45.8 Å². The van der Waals surface area contributed by atoms with E-state index in [0.717, 1.165) is 6.07 Å². The third kappa shape index (κ3) is 5.36. The molecule has 0 aromatic heterocycles. The Labute approximate surface area is 132 Å². The maximum Gasteiger partial charge on any atom is 0.332 e. The predicted octanol–water partition coefficient (Wildman–Crippen LogP) is 3.32. The molecule has 0 radical (unpaired) electrons. The highest BCUT2D eigenvalue weighted by Crippen LogP contribution is 2.24. The van der Waals surface area contributed by atoms with Crippen molar-refractivity contribution in [2.45, 2.75) is 6.92 Å². The number of ketones is 1. The molecule has 1 aromatic rings. The maximum absolute atomic E-state index is 13.4. The number of carbonyl (C=O) groups excluding carboxylic acids is 2. The van der Waals surface area contributed by atoms with Gasteiger partial charge in [-0.2, -0.15) is 0 Å². The molecule has 0 saturated carbocycles. The van der Waals surface area contributed by atoms with Crippen LogP contribution in [0.25, 0.3) is 0 Å². The average Bonchev–Trinajstić information content (AvgIpc) is 2.40. The van der Waals surface area contributed by atoms with Crippen LogP contribution in [0.15, 0.2) is 24.4 Å². The van der Waals surface area contributed by atoms with E-state index in [2.05, 4.69) is 0 Å². The molecule has 0 fully saturated rings. The Morgan fingerprint density at radius 3 is 2.62 bits per heavy atom. The molecule has 0 aliphatic carbocycles. The minimum absolute atomic E-state index is 0.0370. The highest BCUT2D eigenvalue weighted by Gasteiger charge is 2.15. The van der Waals surface area contributed by atoms with Gasteiger partial charge in [0, 0.05) is 24.9 Å². The summed E-state index contributed by atoms with van der Waals surface area (Å²) in [6, 6.07) is 2.18. The van der Waals surface area contributed by atoms with Gasteiger partial charge in [-0.1, -0.05) is 23.2 Å². The van der Waals surface area contributed by atoms with Crippen LogP contribution >= 0.6 is 23.2 Å². The van der Waals surface area contributed by atoms with Crippen molar-refractivity contribution in [3.8, 4) is 0 Å². The molecular formula is C14H14Cl2FNO3. The Bertz CT molecular complexity index is 576. The average molecular weight is 334 g/mol. The summed E-state index contributed by atoms with van der Waals surface area (Å²) in [7, 11) is 1.59. The molecular weight excluding hydrogens is 320 g/mol. The molecule has 0 unspecified atom stereocenters. The van der Waals surface area contributed by atoms with E-state index in [0.29, 0.717) is 0 Å². The van der Waals surface area contributed by atoms with Gasteiger partial charge in [-0.15, -0.1) is 0 Å². The standard InChI is InChI=1S/C14H14Cl2FNO3/c1-3-21-14(20)4-5-18(2)8-13(19)9-6-12(17)11(16)7-10(9)15/h4-7H,3,8H2,1-2H3/b5-4+. The summed E-state index contributed by atoms with van der Waals surface area (Å²) in [5, 5.41) is -0.0683. The predicted molar refractivity (Wildman–Crippen MR) is 79.2 cm³/mol. The second-order valence-electron chi connectivity index (χ2n) is 4.15. The Hall–Kier alpha value is -1.59. The van der Waals surface area contributed by atoms with Gasteiger partial charge in [0.1, 0.15) is 5.82 Å². The van der Waals surface area contributed by atoms with Crippen molar-refractivity contribution in [2.75, 3.05) is 20.2 Å². The first-order valence-electron chi connectivity index (χ1n) is 6.08. The van der Waals surface area contributed by atoms with Gasteiger partial charge in [0.05, 0.1) is 23.2 Å². The fourth-order valence-corrected chi connectivity index (χ4v) is 1.97. The molecule has 21 heavy (non-hydrogen) atoms. The van der Waals surface area contributed by atoms with E-state index in [9.17, 15) is 14.0 Å². The lowest BCUT2D eigenvalue weighted by molar-refractivity contribution is -0.137. The molecule has 4 nitrogen and oxygen atoms in total. The molecule has 0 atom stereocenters. The van der Waals surface area contributed by atoms with Gasteiger partial charge in [0.15, 0.2) is 5.78 Å². The van der Waals surface area contributed by atoms with Crippen LogP contribution in [-0.4, -0.2) is 36.9 Å². The second kappa shape index (κ2) is 8.00. The van der Waals surface area contributed by atoms with E-state index in [-0.39, 0.29) is 28.8 Å². The van der Waals surface area contributed by atoms with Gasteiger partial charge < -0.3 is 9.64 Å². The first-order valence-corrected chi connectivity index (χ1v) is 6.83. The summed E-state index contributed by atoms with van der Waals surface area (Å²) in [6.07, 6.45) is 2.59. The monoisotopic (exact) mass is 333 g/mol. The molecule has 0 aliphatic rings. The smallest absolute Gasteiger partial charge is 0.332 e. The number of hydrogen-bond donors (Lipinski definition) is 0. The molecule has 114 valence electrons. The van der Waals surface area contributed by atoms with Crippen molar-refractivity contribution < 1.29 is 18.7 Å². The van der Waals surface area contributed by atoms with Crippen molar-refractivity contribution >= 4 is 35.0 Å². The van der Waals surface area contributed by atoms with Crippen molar-refractivity contribution in [1.29, 1.82) is 0 Å². The highest BCUT2D eigenvalue weighted by atomic mass is 35.5. The van der Waals surface area contributed by atoms with E-state index in [1.165, 1.54) is 23.2 Å². The lowest BCUT2D eigenvalue weighted by Gasteiger charge is -2.13. The van der Waals surface area contributed by atoms with Crippen LogP contribution in [0.4, 0.5) is 4.39 Å². The number of carbonyl (C=O) groups is 2. The molecule has 7 heteroatoms. The van der Waals surface area contributed by atoms with E-state index in [4.69, 9.17) is 27.9 Å². The van der Waals surface area contributed by atoms with Gasteiger partial charge in [0.25, 0.3) is 0 Å². The number of Topliss-reactive ketones (excluding diaryl/α,β-unsaturated/α-hetero) is 1. The minimum atomic E-state index is -0.714. The van der Waals surface area contributed by atoms with Crippen LogP contribution in [0.1, 0.15) is 17.3 Å². The molecule has 0 bridgehead atoms. The molecule has 0 aliphatic heterocycles. The Morgan fingerprint density at radius 2 is 2.00 bits per heavy atom. The number of halogens is 3. The quantitative estimate of drug-likeness (QED) is 0.347. The lowest BCUT2D eigenvalue weighted by atomic mass is 10.1. The summed E-state index contributed by atoms with van der Waals surface area (Å²) >= 11 is 11.4. The molecule has 0 amide bonds. The van der Waals surface area contributed by atoms with Crippen LogP contribution in [-0.2, 0) is 9.53 Å². The largest absolute Gasteiger partial charge is 0.463 e. The van der Waals surface area contributed by atoms with Crippen LogP contribution in [0.3, 0.4) is 0 Å². The molecule has 0 N–H and O–H groups in total. The van der Waals surface area contributed by atoms with E-state index < -0.39 is 17.6 Å². The zero-order valence-corrected chi connectivity index (χ0v) is 13.0. The number of hydrogen-bond acceptors (Lipinski definition) is 4. The van der Waals surface area contributed by atoms with Crippen LogP contribution in [0.5, 0.6) is 0 Å². The van der Waals surface area contributed by atoms with E-state index in [1.54, 1.807) is 14.0 Å². The number of rotatable bonds is 6. The van der Waals surface area contributed by atoms with E-state index in [1.807, 2.05) is 0 Å². The van der Waals surface area contributed by atoms with Crippen molar-refractivity contribution in [3.63, 3.8) is 0 Å². The first-order chi connectivity index (χ1) is 9.85. The van der Waals surface area contributed by atoms with Gasteiger partial charge >= 0.3 is 5.97 Å². The van der Waals surface area contributed by atoms with Crippen LogP contribution < -0.4 is 0 Å². The topological polar surface area (TPSA) is 46.6 Å². The number of ether oxygens (including phenoxy) is 1. The van der Waals surface area contributed by atoms with Gasteiger partial charge in [-0.25, -0.2) is 9.18 Å². The SMILES string of the molecule is CCOC(=O)/C=C/N(C)CC(=O)c1cc(F)c(Cl)cc1Cl. The molecule has 0 saturated heterocycles. The van der Waals surface area contributed by atoms with Gasteiger partial charge in [0.2, 0.25) is 0 Å². The molecule has 1 aromatic carbocycles. The summed E-state index contributed by atoms with van der Waals surface area (Å²) in [4.78, 5) is 24.6. The zero-order chi connectivity index (χ0) is 16.0. The third-order valence-electron chi connectivity index (χ3n) is 2.46. The Kier molecular flexibility index (Phi) is 6.65. The molecule has 1 rings (SSSR count). The van der Waals surface area contributed by atoms with E-state index >= 15 is 0 Å². The fourth-order valence-electron chi connectivity index (χ4n) is 1.48. The Morgan fingerprint density at radius 1 is 1.33 bits per heavy atom. The van der Waals surface area contributed by atoms with Crippen LogP contribution in [0.2, 0.25) is 10.0 Å². The van der Waals surface area contributed by atoms with Gasteiger partial charge in [-0.05, 0) is 19.1 Å². The minimum Gasteiger partial charge on any atom is -0.463 e. The van der Waals surface area contributed by atoms with Crippen molar-refractivity contribution in [2.24, 2.45) is 0 Å². The summed E-state index contributed by atoms with van der Waals surface area (Å²) < 4.78 is 18.1. The Balaban J connectivity index is 2.73.